The van der Waals surface area contributed by atoms with Gasteiger partial charge < -0.3 is 0 Å². The number of rotatable bonds is 4. The Hall–Kier alpha value is -3.85. The first-order chi connectivity index (χ1) is 22.1. The van der Waals surface area contributed by atoms with E-state index >= 15 is 0 Å². The van der Waals surface area contributed by atoms with Crippen LogP contribution >= 0.6 is 0 Å². The predicted octanol–water partition coefficient (Wildman–Crippen LogP) is 12.7. The first kappa shape index (κ1) is 33.5. The van der Waals surface area contributed by atoms with E-state index in [0.29, 0.717) is 0 Å². The summed E-state index contributed by atoms with van der Waals surface area (Å²) in [5.74, 6) is 0. The van der Waals surface area contributed by atoms with Crippen LogP contribution in [0.2, 0.25) is 13.1 Å². The number of fused-ring (bicyclic) bond motifs is 4. The number of benzene rings is 6. The average molecular weight is 775 g/mol. The van der Waals surface area contributed by atoms with E-state index in [0.717, 1.165) is 22.4 Å². The van der Waals surface area contributed by atoms with E-state index in [9.17, 15) is 0 Å². The Labute approximate surface area is 295 Å². The van der Waals surface area contributed by atoms with Crippen LogP contribution < -0.4 is 0 Å². The van der Waals surface area contributed by atoms with Crippen LogP contribution in [0.4, 0.5) is 0 Å². The molecule has 0 bridgehead atoms. The Kier molecular flexibility index (Phi) is 11.4. The van der Waals surface area contributed by atoms with Gasteiger partial charge in [0.05, 0.1) is 0 Å². The van der Waals surface area contributed by atoms with Crippen LogP contribution in [0.15, 0.2) is 146 Å². The summed E-state index contributed by atoms with van der Waals surface area (Å²) in [5.41, 5.74) is 8.15. The standard InChI is InChI=1S/2C21H17.C2H6Si.Hf/c2*1-2-15-13-17-9-6-12-20(21(17)14-15)19-11-5-8-16-7-3-4-10-18(16)19;1-3-2;/h2*3-14H,2H2,1H3;1-2H3;/q2*-1;;. The summed E-state index contributed by atoms with van der Waals surface area (Å²) >= 11 is 0. The fraction of sp³-hybridized carbons (Fsp3) is 0.136. The molecule has 0 nitrogen and oxygen atoms in total. The molecular formula is C44H40HfSi-2. The van der Waals surface area contributed by atoms with Gasteiger partial charge in [-0.3, -0.25) is 0 Å². The van der Waals surface area contributed by atoms with Crippen molar-refractivity contribution < 1.29 is 25.8 Å². The minimum atomic E-state index is 0. The Bertz CT molecular complexity index is 2030. The van der Waals surface area contributed by atoms with Crippen LogP contribution in [-0.4, -0.2) is 9.52 Å². The fourth-order valence-corrected chi connectivity index (χ4v) is 6.39. The normalized spacial score (nSPS) is 10.7. The van der Waals surface area contributed by atoms with Gasteiger partial charge in [-0.15, -0.1) is 69.1 Å². The summed E-state index contributed by atoms with van der Waals surface area (Å²) in [5, 5.41) is 10.7. The molecule has 226 valence electrons. The monoisotopic (exact) mass is 776 g/mol. The molecule has 0 spiro atoms. The first-order valence-corrected chi connectivity index (χ1v) is 18.1. The molecule has 8 aromatic carbocycles. The largest absolute Gasteiger partial charge is 0.164 e. The second kappa shape index (κ2) is 15.6. The zero-order chi connectivity index (χ0) is 31.2. The molecule has 2 radical (unpaired) electrons. The third-order valence-corrected chi connectivity index (χ3v) is 8.60. The van der Waals surface area contributed by atoms with Gasteiger partial charge in [0.15, 0.2) is 0 Å². The van der Waals surface area contributed by atoms with Crippen molar-refractivity contribution in [2.45, 2.75) is 39.8 Å². The molecular weight excluding hydrogens is 735 g/mol. The molecule has 0 aliphatic rings. The van der Waals surface area contributed by atoms with Crippen molar-refractivity contribution in [1.82, 2.24) is 0 Å². The van der Waals surface area contributed by atoms with E-state index in [2.05, 4.69) is 173 Å². The first-order valence-electron chi connectivity index (χ1n) is 16.1. The van der Waals surface area contributed by atoms with Gasteiger partial charge in [0.25, 0.3) is 0 Å². The molecule has 0 N–H and O–H groups in total. The minimum Gasteiger partial charge on any atom is -0.164 e. The third-order valence-electron chi connectivity index (χ3n) is 8.60. The number of hydrogen-bond donors (Lipinski definition) is 0. The molecule has 0 saturated carbocycles. The molecule has 0 amide bonds. The second-order valence-electron chi connectivity index (χ2n) is 11.6. The minimum absolute atomic E-state index is 0. The molecule has 0 heterocycles. The van der Waals surface area contributed by atoms with Crippen LogP contribution in [0.25, 0.3) is 65.3 Å². The maximum Gasteiger partial charge on any atom is 0.0307 e. The van der Waals surface area contributed by atoms with Crippen LogP contribution in [0.3, 0.4) is 0 Å². The molecule has 0 aliphatic carbocycles. The molecule has 2 heteroatoms. The van der Waals surface area contributed by atoms with E-state index in [1.807, 2.05) is 0 Å². The quantitative estimate of drug-likeness (QED) is 0.123. The number of hydrogen-bond acceptors (Lipinski definition) is 0. The van der Waals surface area contributed by atoms with E-state index < -0.39 is 0 Å². The Morgan fingerprint density at radius 3 is 1.15 bits per heavy atom. The Morgan fingerprint density at radius 1 is 0.435 bits per heavy atom. The molecule has 0 fully saturated rings. The summed E-state index contributed by atoms with van der Waals surface area (Å²) in [7, 11) is 1.08. The molecule has 0 aliphatic heterocycles. The SMILES string of the molecule is CCc1cc2c(-c3cccc4ccccc34)cccc2[cH-]1.CCc1cc2c(-c3cccc4ccccc34)cccc2[cH-]1.C[Si]C.[Hf]. The summed E-state index contributed by atoms with van der Waals surface area (Å²) in [6.45, 7) is 8.73. The molecule has 46 heavy (non-hydrogen) atoms. The van der Waals surface area contributed by atoms with E-state index in [-0.39, 0.29) is 25.8 Å². The smallest absolute Gasteiger partial charge is 0.0307 e. The Morgan fingerprint density at radius 2 is 0.761 bits per heavy atom. The van der Waals surface area contributed by atoms with Gasteiger partial charge in [0.2, 0.25) is 0 Å². The van der Waals surface area contributed by atoms with Crippen LogP contribution in [0, 0.1) is 0 Å². The molecule has 0 saturated heterocycles. The van der Waals surface area contributed by atoms with Crippen molar-refractivity contribution in [2.75, 3.05) is 0 Å². The van der Waals surface area contributed by atoms with Crippen LogP contribution in [0.5, 0.6) is 0 Å². The average Bonchev–Trinajstić information content (AvgIpc) is 3.73. The van der Waals surface area contributed by atoms with Gasteiger partial charge in [0.1, 0.15) is 0 Å². The van der Waals surface area contributed by atoms with E-state index in [1.165, 1.54) is 76.5 Å². The molecule has 8 aromatic rings. The summed E-state index contributed by atoms with van der Waals surface area (Å²) in [6.07, 6.45) is 2.17. The van der Waals surface area contributed by atoms with Gasteiger partial charge >= 0.3 is 0 Å². The third kappa shape index (κ3) is 6.94. The van der Waals surface area contributed by atoms with Gasteiger partial charge in [-0.25, -0.2) is 0 Å². The summed E-state index contributed by atoms with van der Waals surface area (Å²) in [4.78, 5) is 0. The maximum atomic E-state index is 2.34. The van der Waals surface area contributed by atoms with Crippen LogP contribution in [-0.2, 0) is 38.7 Å². The summed E-state index contributed by atoms with van der Waals surface area (Å²) in [6, 6.07) is 52.9. The van der Waals surface area contributed by atoms with Crippen molar-refractivity contribution in [2.24, 2.45) is 0 Å². The van der Waals surface area contributed by atoms with Crippen molar-refractivity contribution in [1.29, 1.82) is 0 Å². The topological polar surface area (TPSA) is 0 Å². The van der Waals surface area contributed by atoms with Crippen LogP contribution in [0.1, 0.15) is 25.0 Å². The van der Waals surface area contributed by atoms with Crippen molar-refractivity contribution in [3.63, 3.8) is 0 Å². The molecule has 8 rings (SSSR count). The van der Waals surface area contributed by atoms with Crippen molar-refractivity contribution in [3.05, 3.63) is 157 Å². The second-order valence-corrected chi connectivity index (χ2v) is 12.6. The van der Waals surface area contributed by atoms with E-state index in [1.54, 1.807) is 0 Å². The molecule has 0 atom stereocenters. The van der Waals surface area contributed by atoms with Gasteiger partial charge in [-0.2, -0.15) is 12.1 Å². The van der Waals surface area contributed by atoms with Gasteiger partial charge in [-0.1, -0.05) is 135 Å². The summed E-state index contributed by atoms with van der Waals surface area (Å²) < 4.78 is 0. The zero-order valence-corrected chi connectivity index (χ0v) is 31.9. The zero-order valence-electron chi connectivity index (χ0n) is 27.3. The van der Waals surface area contributed by atoms with Crippen molar-refractivity contribution >= 4 is 52.6 Å². The Balaban J connectivity index is 0.000000164. The predicted molar refractivity (Wildman–Crippen MR) is 201 cm³/mol. The van der Waals surface area contributed by atoms with Gasteiger partial charge in [-0.05, 0) is 45.5 Å². The maximum absolute atomic E-state index is 2.34. The van der Waals surface area contributed by atoms with Crippen molar-refractivity contribution in [3.8, 4) is 22.3 Å². The molecule has 0 aromatic heterocycles. The fourth-order valence-electron chi connectivity index (χ4n) is 6.39. The van der Waals surface area contributed by atoms with E-state index in [4.69, 9.17) is 0 Å². The molecule has 0 unspecified atom stereocenters. The van der Waals surface area contributed by atoms with Gasteiger partial charge in [0, 0.05) is 35.4 Å². The number of aryl methyl sites for hydroxylation is 2.